The molecule has 1 aliphatic rings. The lowest BCUT2D eigenvalue weighted by Gasteiger charge is -2.35. The molecule has 4 rings (SSSR count). The van der Waals surface area contributed by atoms with Crippen molar-refractivity contribution in [3.05, 3.63) is 48.6 Å². The number of aromatic nitrogens is 4. The van der Waals surface area contributed by atoms with Crippen LogP contribution in [0.15, 0.2) is 47.9 Å². The summed E-state index contributed by atoms with van der Waals surface area (Å²) >= 11 is 0. The summed E-state index contributed by atoms with van der Waals surface area (Å²) < 4.78 is 5.52. The summed E-state index contributed by atoms with van der Waals surface area (Å²) in [5.41, 5.74) is 3.43. The highest BCUT2D eigenvalue weighted by atomic mass is 16.5. The lowest BCUT2D eigenvalue weighted by atomic mass is 10.1. The van der Waals surface area contributed by atoms with E-state index in [0.717, 1.165) is 16.6 Å². The lowest BCUT2D eigenvalue weighted by molar-refractivity contribution is 0.00789. The first kappa shape index (κ1) is 17.2. The van der Waals surface area contributed by atoms with Crippen LogP contribution in [0.4, 0.5) is 0 Å². The molecule has 0 aromatic carbocycles. The zero-order chi connectivity index (χ0) is 18.8. The van der Waals surface area contributed by atoms with Crippen molar-refractivity contribution in [1.29, 1.82) is 0 Å². The Kier molecular flexibility index (Phi) is 4.55. The number of nitrogens with zero attached hydrogens (tertiary/aromatic N) is 4. The highest BCUT2D eigenvalue weighted by Crippen LogP contribution is 2.23. The fraction of sp³-hybridized carbons (Fsp3) is 0.263. The van der Waals surface area contributed by atoms with Gasteiger partial charge in [0, 0.05) is 29.9 Å². The summed E-state index contributed by atoms with van der Waals surface area (Å²) in [6, 6.07) is 5.39. The predicted molar refractivity (Wildman–Crippen MR) is 103 cm³/mol. The number of hydrogen-bond donors (Lipinski definition) is 2. The van der Waals surface area contributed by atoms with Gasteiger partial charge >= 0.3 is 0 Å². The molecular weight excluding hydrogens is 344 g/mol. The van der Waals surface area contributed by atoms with Crippen LogP contribution in [0.2, 0.25) is 0 Å². The van der Waals surface area contributed by atoms with Crippen LogP contribution in [-0.2, 0) is 4.74 Å². The maximum Gasteiger partial charge on any atom is 0.271 e. The number of H-pyrrole nitrogens is 2. The zero-order valence-corrected chi connectivity index (χ0v) is 15.0. The molecule has 0 radical (unpaired) electrons. The van der Waals surface area contributed by atoms with Gasteiger partial charge in [0.1, 0.15) is 11.3 Å². The van der Waals surface area contributed by atoms with E-state index >= 15 is 0 Å². The number of carbonyl (C=O) groups is 1. The van der Waals surface area contributed by atoms with E-state index in [1.165, 1.54) is 0 Å². The van der Waals surface area contributed by atoms with Crippen LogP contribution in [-0.4, -0.2) is 63.0 Å². The first-order valence-electron chi connectivity index (χ1n) is 8.72. The second kappa shape index (κ2) is 7.16. The summed E-state index contributed by atoms with van der Waals surface area (Å²) in [5, 5.41) is 7.60. The van der Waals surface area contributed by atoms with Gasteiger partial charge in [-0.1, -0.05) is 6.58 Å². The minimum absolute atomic E-state index is 0.112. The number of ether oxygens (including phenoxy) is 1. The van der Waals surface area contributed by atoms with Gasteiger partial charge in [0.05, 0.1) is 36.8 Å². The van der Waals surface area contributed by atoms with Crippen molar-refractivity contribution in [1.82, 2.24) is 25.1 Å². The molecular formula is C19H20N6O2. The van der Waals surface area contributed by atoms with Crippen LogP contribution in [0.1, 0.15) is 17.4 Å². The van der Waals surface area contributed by atoms with Gasteiger partial charge in [0.25, 0.3) is 5.91 Å². The Morgan fingerprint density at radius 3 is 3.15 bits per heavy atom. The Morgan fingerprint density at radius 1 is 1.48 bits per heavy atom. The van der Waals surface area contributed by atoms with Crippen LogP contribution in [0, 0.1) is 0 Å². The van der Waals surface area contributed by atoms with Crippen LogP contribution in [0.25, 0.3) is 22.3 Å². The molecule has 8 heteroatoms. The van der Waals surface area contributed by atoms with Gasteiger partial charge in [-0.05, 0) is 25.1 Å². The molecule has 3 aromatic rings. The number of nitrogens with one attached hydrogen (secondary N) is 2. The third-order valence-corrected chi connectivity index (χ3v) is 4.57. The first-order valence-corrected chi connectivity index (χ1v) is 8.72. The van der Waals surface area contributed by atoms with E-state index in [0.29, 0.717) is 36.8 Å². The van der Waals surface area contributed by atoms with Crippen molar-refractivity contribution in [2.24, 2.45) is 4.99 Å². The summed E-state index contributed by atoms with van der Waals surface area (Å²) in [4.78, 5) is 26.8. The van der Waals surface area contributed by atoms with Gasteiger partial charge in [0.2, 0.25) is 0 Å². The number of fused-ring (bicyclic) bond motifs is 1. The van der Waals surface area contributed by atoms with E-state index in [9.17, 15) is 4.79 Å². The number of hydrogen-bond acceptors (Lipinski definition) is 5. The number of morpholine rings is 1. The molecule has 138 valence electrons. The second-order valence-electron chi connectivity index (χ2n) is 6.27. The maximum atomic E-state index is 13.1. The molecule has 0 spiro atoms. The number of amides is 1. The Balaban J connectivity index is 1.64. The highest BCUT2D eigenvalue weighted by Gasteiger charge is 2.30. The minimum atomic E-state index is -0.275. The largest absolute Gasteiger partial charge is 0.377 e. The molecule has 1 unspecified atom stereocenters. The topological polar surface area (TPSA) is 99.3 Å². The fourth-order valence-electron chi connectivity index (χ4n) is 3.20. The summed E-state index contributed by atoms with van der Waals surface area (Å²) in [7, 11) is 0. The van der Waals surface area contributed by atoms with Crippen molar-refractivity contribution in [3.8, 4) is 11.3 Å². The first-order chi connectivity index (χ1) is 13.2. The number of rotatable bonds is 4. The molecule has 0 aliphatic carbocycles. The number of pyridine rings is 1. The average molecular weight is 364 g/mol. The van der Waals surface area contributed by atoms with Crippen molar-refractivity contribution in [3.63, 3.8) is 0 Å². The molecule has 27 heavy (non-hydrogen) atoms. The second-order valence-corrected chi connectivity index (χ2v) is 6.27. The van der Waals surface area contributed by atoms with Gasteiger partial charge < -0.3 is 14.6 Å². The average Bonchev–Trinajstić information content (AvgIpc) is 3.36. The van der Waals surface area contributed by atoms with Crippen molar-refractivity contribution < 1.29 is 9.53 Å². The van der Waals surface area contributed by atoms with Crippen LogP contribution in [0.5, 0.6) is 0 Å². The Labute approximate surface area is 156 Å². The van der Waals surface area contributed by atoms with E-state index in [2.05, 4.69) is 31.7 Å². The van der Waals surface area contributed by atoms with E-state index < -0.39 is 0 Å². The van der Waals surface area contributed by atoms with Gasteiger partial charge in [-0.3, -0.25) is 14.9 Å². The Hall–Kier alpha value is -3.26. The maximum absolute atomic E-state index is 13.1. The van der Waals surface area contributed by atoms with E-state index in [-0.39, 0.29) is 11.9 Å². The van der Waals surface area contributed by atoms with Gasteiger partial charge in [-0.15, -0.1) is 0 Å². The van der Waals surface area contributed by atoms with Crippen molar-refractivity contribution in [2.75, 3.05) is 19.8 Å². The Morgan fingerprint density at radius 2 is 2.37 bits per heavy atom. The molecule has 0 saturated carbocycles. The van der Waals surface area contributed by atoms with Crippen LogP contribution in [0.3, 0.4) is 0 Å². The summed E-state index contributed by atoms with van der Waals surface area (Å²) in [5.74, 6) is -0.112. The predicted octanol–water partition coefficient (Wildman–Crippen LogP) is 2.40. The van der Waals surface area contributed by atoms with Crippen molar-refractivity contribution in [2.45, 2.75) is 13.0 Å². The molecule has 0 bridgehead atoms. The van der Waals surface area contributed by atoms with Crippen molar-refractivity contribution >= 4 is 23.2 Å². The van der Waals surface area contributed by atoms with Gasteiger partial charge in [0.15, 0.2) is 0 Å². The van der Waals surface area contributed by atoms with E-state index in [1.807, 2.05) is 25.1 Å². The molecule has 1 saturated heterocycles. The normalized spacial score (nSPS) is 17.7. The standard InChI is InChI=1S/C19H20N6O2/c1-3-20-12(2)17-11-27-7-6-25(17)19(26)16-8-13-4-5-15(23-18(13)24-16)14-9-21-22-10-14/h3-5,8-10,17H,2,6-7,11H2,1H3,(H,21,22)(H,23,24). The number of aliphatic imine (C=N–C) groups is 1. The summed E-state index contributed by atoms with van der Waals surface area (Å²) in [6.45, 7) is 7.17. The zero-order valence-electron chi connectivity index (χ0n) is 15.0. The highest BCUT2D eigenvalue weighted by molar-refractivity contribution is 5.98. The quantitative estimate of drug-likeness (QED) is 0.694. The monoisotopic (exact) mass is 364 g/mol. The molecule has 1 fully saturated rings. The molecule has 8 nitrogen and oxygen atoms in total. The van der Waals surface area contributed by atoms with E-state index in [1.54, 1.807) is 23.5 Å². The third kappa shape index (κ3) is 3.26. The molecule has 4 heterocycles. The lowest BCUT2D eigenvalue weighted by Crippen LogP contribution is -2.49. The number of aromatic amines is 2. The molecule has 1 aliphatic heterocycles. The minimum Gasteiger partial charge on any atom is -0.377 e. The van der Waals surface area contributed by atoms with Crippen LogP contribution >= 0.6 is 0 Å². The van der Waals surface area contributed by atoms with Crippen LogP contribution < -0.4 is 0 Å². The number of carbonyl (C=O) groups excluding carboxylic acids is 1. The smallest absolute Gasteiger partial charge is 0.271 e. The van der Waals surface area contributed by atoms with Gasteiger partial charge in [-0.25, -0.2) is 4.98 Å². The molecule has 1 atom stereocenters. The SMILES string of the molecule is C=C(N=CC)C1COCCN1C(=O)c1cc2ccc(-c3cn[nH]c3)nc2[nH]1. The third-order valence-electron chi connectivity index (χ3n) is 4.57. The Bertz CT molecular complexity index is 1000. The molecule has 2 N–H and O–H groups in total. The fourth-order valence-corrected chi connectivity index (χ4v) is 3.20. The summed E-state index contributed by atoms with van der Waals surface area (Å²) in [6.07, 6.45) is 5.16. The molecule has 3 aromatic heterocycles. The molecule has 1 amide bonds. The van der Waals surface area contributed by atoms with Gasteiger partial charge in [-0.2, -0.15) is 5.10 Å². The van der Waals surface area contributed by atoms with E-state index in [4.69, 9.17) is 4.74 Å².